The molecule has 36 heavy (non-hydrogen) atoms. The first kappa shape index (κ1) is 30.5. The summed E-state index contributed by atoms with van der Waals surface area (Å²) in [6, 6.07) is 2.17. The second kappa shape index (κ2) is 9.86. The van der Waals surface area contributed by atoms with Crippen LogP contribution in [0.25, 0.3) is 0 Å². The number of nitrogens with two attached hydrogens (primary N) is 1. The number of nitriles is 1. The largest absolute Gasteiger partial charge is 0.325 e. The van der Waals surface area contributed by atoms with Crippen LogP contribution in [0.3, 0.4) is 0 Å². The summed E-state index contributed by atoms with van der Waals surface area (Å²) in [7, 11) is 0. The lowest BCUT2D eigenvalue weighted by Crippen LogP contribution is -2.56. The summed E-state index contributed by atoms with van der Waals surface area (Å²) in [5, 5.41) is 9.82. The SMILES string of the molecule is CCC(C)(C)CC[C@](C)(N)CCC(C)(C)[C@]1(C)CC[C@H]2C(C)(C)C(=O)C(C#N)=C[C@]2(C)/C1=C/C(C)=O. The van der Waals surface area contributed by atoms with Crippen LogP contribution in [0.1, 0.15) is 121 Å². The van der Waals surface area contributed by atoms with Gasteiger partial charge in [-0.3, -0.25) is 9.59 Å². The lowest BCUT2D eigenvalue weighted by atomic mass is 9.42. The van der Waals surface area contributed by atoms with E-state index in [2.05, 4.69) is 61.5 Å². The molecule has 0 spiro atoms. The Balaban J connectivity index is 2.49. The molecule has 202 valence electrons. The molecule has 4 atom stereocenters. The molecule has 0 bridgehead atoms. The monoisotopic (exact) mass is 496 g/mol. The van der Waals surface area contributed by atoms with Crippen molar-refractivity contribution >= 4 is 11.6 Å². The van der Waals surface area contributed by atoms with Crippen LogP contribution in [0.5, 0.6) is 0 Å². The quantitative estimate of drug-likeness (QED) is 0.331. The highest BCUT2D eigenvalue weighted by Crippen LogP contribution is 2.66. The average molecular weight is 497 g/mol. The van der Waals surface area contributed by atoms with Crippen molar-refractivity contribution in [2.24, 2.45) is 38.7 Å². The van der Waals surface area contributed by atoms with Gasteiger partial charge in [-0.15, -0.1) is 0 Å². The Morgan fingerprint density at radius 2 is 1.67 bits per heavy atom. The number of carbonyl (C=O) groups excluding carboxylic acids is 2. The molecule has 0 saturated heterocycles. The molecule has 2 aliphatic rings. The van der Waals surface area contributed by atoms with Crippen molar-refractivity contribution in [3.8, 4) is 6.07 Å². The van der Waals surface area contributed by atoms with E-state index in [1.165, 1.54) is 0 Å². The first-order valence-corrected chi connectivity index (χ1v) is 13.9. The molecule has 0 amide bonds. The van der Waals surface area contributed by atoms with Gasteiger partial charge in [-0.1, -0.05) is 80.4 Å². The summed E-state index contributed by atoms with van der Waals surface area (Å²) in [6.07, 6.45) is 10.6. The minimum atomic E-state index is -0.655. The Hall–Kier alpha value is -1.73. The van der Waals surface area contributed by atoms with Crippen molar-refractivity contribution in [2.45, 2.75) is 127 Å². The van der Waals surface area contributed by atoms with Crippen molar-refractivity contribution in [1.29, 1.82) is 5.26 Å². The van der Waals surface area contributed by atoms with E-state index in [0.29, 0.717) is 5.41 Å². The van der Waals surface area contributed by atoms with E-state index >= 15 is 0 Å². The van der Waals surface area contributed by atoms with Crippen LogP contribution in [0, 0.1) is 44.3 Å². The van der Waals surface area contributed by atoms with Gasteiger partial charge in [0, 0.05) is 16.4 Å². The number of hydrogen-bond donors (Lipinski definition) is 1. The summed E-state index contributed by atoms with van der Waals surface area (Å²) < 4.78 is 0. The number of Topliss-reactive ketones (excluding diaryl/α,β-unsaturated/α-hetero) is 1. The molecule has 0 aliphatic heterocycles. The number of hydrogen-bond acceptors (Lipinski definition) is 4. The van der Waals surface area contributed by atoms with E-state index in [-0.39, 0.29) is 39.4 Å². The maximum atomic E-state index is 13.1. The lowest BCUT2D eigenvalue weighted by molar-refractivity contribution is -0.131. The fraction of sp³-hybridized carbons (Fsp3) is 0.781. The van der Waals surface area contributed by atoms with Crippen LogP contribution in [-0.4, -0.2) is 17.1 Å². The third-order valence-electron chi connectivity index (χ3n) is 10.6. The fourth-order valence-corrected chi connectivity index (χ4v) is 6.91. The average Bonchev–Trinajstić information content (AvgIpc) is 2.76. The summed E-state index contributed by atoms with van der Waals surface area (Å²) in [6.45, 7) is 23.6. The van der Waals surface area contributed by atoms with Gasteiger partial charge in [0.1, 0.15) is 6.07 Å². The third-order valence-corrected chi connectivity index (χ3v) is 10.6. The van der Waals surface area contributed by atoms with E-state index in [0.717, 1.165) is 50.5 Å². The predicted octanol–water partition coefficient (Wildman–Crippen LogP) is 7.72. The number of fused-ring (bicyclic) bond motifs is 1. The zero-order chi connectivity index (χ0) is 28.0. The second-order valence-electron chi connectivity index (χ2n) is 14.7. The van der Waals surface area contributed by atoms with E-state index in [1.807, 2.05) is 26.0 Å². The molecule has 4 nitrogen and oxygen atoms in total. The maximum absolute atomic E-state index is 13.1. The molecule has 2 rings (SSSR count). The maximum Gasteiger partial charge on any atom is 0.178 e. The van der Waals surface area contributed by atoms with Crippen molar-refractivity contribution in [3.05, 3.63) is 23.3 Å². The molecule has 0 aromatic carbocycles. The third kappa shape index (κ3) is 5.57. The van der Waals surface area contributed by atoms with Gasteiger partial charge in [0.05, 0.1) is 5.57 Å². The Labute approximate surface area is 221 Å². The molecular weight excluding hydrogens is 444 g/mol. The summed E-state index contributed by atoms with van der Waals surface area (Å²) >= 11 is 0. The highest BCUT2D eigenvalue weighted by atomic mass is 16.1. The van der Waals surface area contributed by atoms with Crippen LogP contribution in [-0.2, 0) is 9.59 Å². The standard InChI is InChI=1S/C32H52N2O2/c1-12-27(3,4)15-17-30(9,34)18-16-28(5,6)32(11)14-13-24-29(7,8)26(36)23(21-33)20-31(24,10)25(32)19-22(2)35/h19-20,24H,12-18,34H2,1-11H3/b25-19-/t24-,30-,31-,32+/m0/s1. The van der Waals surface area contributed by atoms with Crippen LogP contribution >= 0.6 is 0 Å². The lowest BCUT2D eigenvalue weighted by Gasteiger charge is -2.61. The first-order valence-electron chi connectivity index (χ1n) is 13.9. The van der Waals surface area contributed by atoms with Gasteiger partial charge in [-0.25, -0.2) is 0 Å². The van der Waals surface area contributed by atoms with Crippen LogP contribution in [0.2, 0.25) is 0 Å². The Kier molecular flexibility index (Phi) is 8.35. The fourth-order valence-electron chi connectivity index (χ4n) is 6.91. The van der Waals surface area contributed by atoms with E-state index in [1.54, 1.807) is 6.92 Å². The molecule has 1 fully saturated rings. The highest BCUT2D eigenvalue weighted by molar-refractivity contribution is 6.04. The van der Waals surface area contributed by atoms with E-state index in [4.69, 9.17) is 5.73 Å². The van der Waals surface area contributed by atoms with Crippen molar-refractivity contribution in [3.63, 3.8) is 0 Å². The molecule has 2 aliphatic carbocycles. The summed E-state index contributed by atoms with van der Waals surface area (Å²) in [5.41, 5.74) is 6.60. The van der Waals surface area contributed by atoms with Gasteiger partial charge in [0.15, 0.2) is 11.6 Å². The molecular formula is C32H52N2O2. The summed E-state index contributed by atoms with van der Waals surface area (Å²) in [5.74, 6) is -0.0208. The molecule has 0 radical (unpaired) electrons. The molecule has 0 unspecified atom stereocenters. The van der Waals surface area contributed by atoms with E-state index in [9.17, 15) is 14.9 Å². The van der Waals surface area contributed by atoms with Crippen molar-refractivity contribution in [1.82, 2.24) is 0 Å². The van der Waals surface area contributed by atoms with Crippen LogP contribution in [0.15, 0.2) is 23.3 Å². The molecule has 1 saturated carbocycles. The van der Waals surface area contributed by atoms with Gasteiger partial charge >= 0.3 is 0 Å². The number of rotatable bonds is 9. The zero-order valence-electron chi connectivity index (χ0n) is 25.0. The zero-order valence-corrected chi connectivity index (χ0v) is 25.0. The van der Waals surface area contributed by atoms with Gasteiger partial charge in [0.25, 0.3) is 0 Å². The Bertz CT molecular complexity index is 988. The Morgan fingerprint density at radius 3 is 2.17 bits per heavy atom. The molecule has 0 aromatic rings. The number of carbonyl (C=O) groups is 2. The first-order chi connectivity index (χ1) is 16.2. The van der Waals surface area contributed by atoms with Crippen LogP contribution in [0.4, 0.5) is 0 Å². The normalized spacial score (nSPS) is 31.3. The minimum absolute atomic E-state index is 0.0148. The molecule has 2 N–H and O–H groups in total. The number of nitrogens with zero attached hydrogens (tertiary/aromatic N) is 1. The predicted molar refractivity (Wildman–Crippen MR) is 149 cm³/mol. The molecule has 0 aromatic heterocycles. The van der Waals surface area contributed by atoms with Gasteiger partial charge in [-0.2, -0.15) is 5.26 Å². The number of allylic oxidation sites excluding steroid dienone is 4. The smallest absolute Gasteiger partial charge is 0.178 e. The minimum Gasteiger partial charge on any atom is -0.325 e. The number of ketones is 2. The van der Waals surface area contributed by atoms with Crippen LogP contribution < -0.4 is 5.73 Å². The van der Waals surface area contributed by atoms with Gasteiger partial charge in [0.2, 0.25) is 0 Å². The Morgan fingerprint density at radius 1 is 1.11 bits per heavy atom. The molecule has 4 heteroatoms. The van der Waals surface area contributed by atoms with Gasteiger partial charge in [-0.05, 0) is 80.6 Å². The molecule has 0 heterocycles. The van der Waals surface area contributed by atoms with Crippen molar-refractivity contribution in [2.75, 3.05) is 0 Å². The van der Waals surface area contributed by atoms with Crippen molar-refractivity contribution < 1.29 is 9.59 Å². The second-order valence-corrected chi connectivity index (χ2v) is 14.7. The summed E-state index contributed by atoms with van der Waals surface area (Å²) in [4.78, 5) is 25.7. The van der Waals surface area contributed by atoms with E-state index < -0.39 is 10.8 Å². The highest BCUT2D eigenvalue weighted by Gasteiger charge is 2.61. The van der Waals surface area contributed by atoms with Gasteiger partial charge < -0.3 is 5.73 Å². The topological polar surface area (TPSA) is 83.9 Å².